The molecule has 1 aromatic carbocycles. The van der Waals surface area contributed by atoms with Crippen LogP contribution in [0.25, 0.3) is 0 Å². The van der Waals surface area contributed by atoms with E-state index in [1.54, 1.807) is 0 Å². The van der Waals surface area contributed by atoms with Crippen LogP contribution >= 0.6 is 0 Å². The van der Waals surface area contributed by atoms with Gasteiger partial charge in [-0.1, -0.05) is 18.2 Å². The second-order valence-electron chi connectivity index (χ2n) is 5.00. The third kappa shape index (κ3) is 2.01. The van der Waals surface area contributed by atoms with Crippen molar-refractivity contribution < 1.29 is 0 Å². The average Bonchev–Trinajstić information content (AvgIpc) is 2.92. The minimum atomic E-state index is 0.504. The minimum absolute atomic E-state index is 0.504. The molecule has 2 aromatic rings. The number of aromatic nitrogens is 2. The van der Waals surface area contributed by atoms with E-state index in [1.165, 1.54) is 16.9 Å². The first kappa shape index (κ1) is 11.3. The summed E-state index contributed by atoms with van der Waals surface area (Å²) in [6, 6.07) is 11.3. The van der Waals surface area contributed by atoms with Crippen molar-refractivity contribution in [2.75, 3.05) is 5.32 Å². The molecule has 0 fully saturated rings. The van der Waals surface area contributed by atoms with Crippen molar-refractivity contribution in [1.29, 1.82) is 0 Å². The van der Waals surface area contributed by atoms with Crippen LogP contribution in [0.2, 0.25) is 0 Å². The number of benzene rings is 1. The summed E-state index contributed by atoms with van der Waals surface area (Å²) in [5.74, 6) is 0. The SMILES string of the molecule is CCn1nc(C)cc1CC1Cc2ccccc2N1. The van der Waals surface area contributed by atoms with E-state index in [1.807, 2.05) is 0 Å². The highest BCUT2D eigenvalue weighted by atomic mass is 15.3. The van der Waals surface area contributed by atoms with Gasteiger partial charge in [0.2, 0.25) is 0 Å². The number of rotatable bonds is 3. The third-order valence-electron chi connectivity index (χ3n) is 3.58. The van der Waals surface area contributed by atoms with Crippen LogP contribution in [-0.4, -0.2) is 15.8 Å². The Kier molecular flexibility index (Phi) is 2.82. The molecule has 1 N–H and O–H groups in total. The van der Waals surface area contributed by atoms with Gasteiger partial charge in [-0.15, -0.1) is 0 Å². The van der Waals surface area contributed by atoms with Crippen molar-refractivity contribution in [3.63, 3.8) is 0 Å². The van der Waals surface area contributed by atoms with E-state index in [2.05, 4.69) is 59.3 Å². The summed E-state index contributed by atoms with van der Waals surface area (Å²) < 4.78 is 2.11. The van der Waals surface area contributed by atoms with Crippen LogP contribution in [0.15, 0.2) is 30.3 Å². The van der Waals surface area contributed by atoms with Gasteiger partial charge >= 0.3 is 0 Å². The number of hydrogen-bond acceptors (Lipinski definition) is 2. The normalized spacial score (nSPS) is 17.6. The molecule has 3 nitrogen and oxygen atoms in total. The molecule has 18 heavy (non-hydrogen) atoms. The van der Waals surface area contributed by atoms with E-state index in [0.29, 0.717) is 6.04 Å². The molecule has 0 saturated heterocycles. The van der Waals surface area contributed by atoms with E-state index in [9.17, 15) is 0 Å². The lowest BCUT2D eigenvalue weighted by molar-refractivity contribution is 0.594. The Morgan fingerprint density at radius 2 is 2.22 bits per heavy atom. The molecular formula is C15H19N3. The van der Waals surface area contributed by atoms with Crippen LogP contribution in [-0.2, 0) is 19.4 Å². The highest BCUT2D eigenvalue weighted by Gasteiger charge is 2.21. The largest absolute Gasteiger partial charge is 0.381 e. The van der Waals surface area contributed by atoms with Crippen molar-refractivity contribution in [3.05, 3.63) is 47.3 Å². The Bertz CT molecular complexity index is 532. The number of anilines is 1. The van der Waals surface area contributed by atoms with E-state index >= 15 is 0 Å². The topological polar surface area (TPSA) is 29.9 Å². The smallest absolute Gasteiger partial charge is 0.0596 e. The van der Waals surface area contributed by atoms with Crippen LogP contribution in [0.3, 0.4) is 0 Å². The first-order valence-corrected chi connectivity index (χ1v) is 6.64. The molecule has 0 saturated carbocycles. The van der Waals surface area contributed by atoms with Crippen LogP contribution in [0.1, 0.15) is 23.9 Å². The molecule has 3 rings (SSSR count). The zero-order valence-electron chi connectivity index (χ0n) is 11.0. The Morgan fingerprint density at radius 3 is 3.00 bits per heavy atom. The number of fused-ring (bicyclic) bond motifs is 1. The summed E-state index contributed by atoms with van der Waals surface area (Å²) in [6.45, 7) is 5.15. The van der Waals surface area contributed by atoms with Crippen molar-refractivity contribution in [3.8, 4) is 0 Å². The van der Waals surface area contributed by atoms with Gasteiger partial charge in [0.25, 0.3) is 0 Å². The molecule has 1 aromatic heterocycles. The van der Waals surface area contributed by atoms with E-state index in [4.69, 9.17) is 0 Å². The molecule has 0 amide bonds. The Labute approximate surface area is 108 Å². The standard InChI is InChI=1S/C15H19N3/c1-3-18-14(8-11(2)17-18)10-13-9-12-6-4-5-7-15(12)16-13/h4-8,13,16H,3,9-10H2,1-2H3. The Balaban J connectivity index is 1.76. The molecule has 1 aliphatic heterocycles. The summed E-state index contributed by atoms with van der Waals surface area (Å²) in [5.41, 5.74) is 5.17. The second kappa shape index (κ2) is 4.48. The molecule has 1 aliphatic rings. The fourth-order valence-corrected chi connectivity index (χ4v) is 2.79. The van der Waals surface area contributed by atoms with Gasteiger partial charge in [0, 0.05) is 30.4 Å². The Hall–Kier alpha value is -1.77. The van der Waals surface area contributed by atoms with E-state index in [-0.39, 0.29) is 0 Å². The van der Waals surface area contributed by atoms with E-state index < -0.39 is 0 Å². The summed E-state index contributed by atoms with van der Waals surface area (Å²) in [7, 11) is 0. The van der Waals surface area contributed by atoms with Gasteiger partial charge < -0.3 is 5.32 Å². The molecule has 2 heterocycles. The van der Waals surface area contributed by atoms with Crippen LogP contribution in [0.5, 0.6) is 0 Å². The summed E-state index contributed by atoms with van der Waals surface area (Å²) in [4.78, 5) is 0. The van der Waals surface area contributed by atoms with Gasteiger partial charge in [0.1, 0.15) is 0 Å². The van der Waals surface area contributed by atoms with Gasteiger partial charge in [-0.05, 0) is 38.0 Å². The predicted octanol–water partition coefficient (Wildman–Crippen LogP) is 2.79. The average molecular weight is 241 g/mol. The number of hydrogen-bond donors (Lipinski definition) is 1. The zero-order chi connectivity index (χ0) is 12.5. The van der Waals surface area contributed by atoms with Crippen molar-refractivity contribution in [2.24, 2.45) is 0 Å². The maximum Gasteiger partial charge on any atom is 0.0596 e. The van der Waals surface area contributed by atoms with Gasteiger partial charge in [-0.2, -0.15) is 5.10 Å². The molecule has 0 spiro atoms. The molecule has 1 atom stereocenters. The summed E-state index contributed by atoms with van der Waals surface area (Å²) >= 11 is 0. The monoisotopic (exact) mass is 241 g/mol. The van der Waals surface area contributed by atoms with Gasteiger partial charge in [0.15, 0.2) is 0 Å². The lowest BCUT2D eigenvalue weighted by atomic mass is 10.1. The fraction of sp³-hybridized carbons (Fsp3) is 0.400. The van der Waals surface area contributed by atoms with Crippen molar-refractivity contribution in [1.82, 2.24) is 9.78 Å². The summed E-state index contributed by atoms with van der Waals surface area (Å²) in [6.07, 6.45) is 2.16. The molecule has 0 bridgehead atoms. The summed E-state index contributed by atoms with van der Waals surface area (Å²) in [5, 5.41) is 8.11. The fourth-order valence-electron chi connectivity index (χ4n) is 2.79. The lowest BCUT2D eigenvalue weighted by Crippen LogP contribution is -2.20. The predicted molar refractivity (Wildman–Crippen MR) is 73.9 cm³/mol. The molecule has 0 aliphatic carbocycles. The molecule has 94 valence electrons. The van der Waals surface area contributed by atoms with Crippen molar-refractivity contribution in [2.45, 2.75) is 39.3 Å². The van der Waals surface area contributed by atoms with E-state index in [0.717, 1.165) is 25.1 Å². The minimum Gasteiger partial charge on any atom is -0.381 e. The number of aryl methyl sites for hydroxylation is 2. The quantitative estimate of drug-likeness (QED) is 0.895. The zero-order valence-corrected chi connectivity index (χ0v) is 11.0. The number of nitrogens with one attached hydrogen (secondary N) is 1. The van der Waals surface area contributed by atoms with Gasteiger partial charge in [0.05, 0.1) is 5.69 Å². The second-order valence-corrected chi connectivity index (χ2v) is 5.00. The maximum atomic E-state index is 4.51. The van der Waals surface area contributed by atoms with Crippen molar-refractivity contribution >= 4 is 5.69 Å². The number of para-hydroxylation sites is 1. The highest BCUT2D eigenvalue weighted by Crippen LogP contribution is 2.26. The highest BCUT2D eigenvalue weighted by molar-refractivity contribution is 5.56. The number of nitrogens with zero attached hydrogens (tertiary/aromatic N) is 2. The maximum absolute atomic E-state index is 4.51. The molecule has 3 heteroatoms. The van der Waals surface area contributed by atoms with Crippen LogP contribution < -0.4 is 5.32 Å². The molecule has 0 radical (unpaired) electrons. The molecule has 1 unspecified atom stereocenters. The lowest BCUT2D eigenvalue weighted by Gasteiger charge is -2.12. The first-order valence-electron chi connectivity index (χ1n) is 6.64. The Morgan fingerprint density at radius 1 is 1.39 bits per heavy atom. The van der Waals surface area contributed by atoms with Crippen LogP contribution in [0.4, 0.5) is 5.69 Å². The van der Waals surface area contributed by atoms with Gasteiger partial charge in [-0.25, -0.2) is 0 Å². The van der Waals surface area contributed by atoms with Crippen LogP contribution in [0, 0.1) is 6.92 Å². The third-order valence-corrected chi connectivity index (χ3v) is 3.58. The molecular weight excluding hydrogens is 222 g/mol. The first-order chi connectivity index (χ1) is 8.76. The van der Waals surface area contributed by atoms with Gasteiger partial charge in [-0.3, -0.25) is 4.68 Å².